The molecule has 0 aromatic heterocycles. The van der Waals surface area contributed by atoms with Crippen molar-refractivity contribution in [3.05, 3.63) is 0 Å². The summed E-state index contributed by atoms with van der Waals surface area (Å²) in [6.45, 7) is 3.76. The van der Waals surface area contributed by atoms with Gasteiger partial charge in [0.2, 0.25) is 0 Å². The van der Waals surface area contributed by atoms with E-state index in [1.54, 1.807) is 0 Å². The molecule has 0 spiro atoms. The number of hydrogen-bond donors (Lipinski definition) is 7. The van der Waals surface area contributed by atoms with Gasteiger partial charge in [0.05, 0.1) is 26.4 Å². The van der Waals surface area contributed by atoms with Crippen LogP contribution >= 0.6 is 0 Å². The average molecular weight is 1030 g/mol. The molecule has 2 fully saturated rings. The van der Waals surface area contributed by atoms with Gasteiger partial charge in [-0.3, -0.25) is 4.79 Å². The summed E-state index contributed by atoms with van der Waals surface area (Å²) >= 11 is 0. The van der Waals surface area contributed by atoms with Crippen molar-refractivity contribution in [3.63, 3.8) is 0 Å². The lowest BCUT2D eigenvalue weighted by Gasteiger charge is -2.42. The maximum Gasteiger partial charge on any atom is 0.306 e. The number of hydrogen-bond acceptors (Lipinski definition) is 14. The van der Waals surface area contributed by atoms with Crippen LogP contribution in [0.4, 0.5) is 0 Å². The maximum atomic E-state index is 13.0. The van der Waals surface area contributed by atoms with Crippen molar-refractivity contribution in [2.75, 3.05) is 33.0 Å². The number of rotatable bonds is 50. The maximum absolute atomic E-state index is 13.0. The first kappa shape index (κ1) is 67.1. The third-order valence-corrected chi connectivity index (χ3v) is 14.9. The summed E-state index contributed by atoms with van der Waals surface area (Å²) in [5.74, 6) is -0.368. The van der Waals surface area contributed by atoms with Gasteiger partial charge in [-0.2, -0.15) is 0 Å². The van der Waals surface area contributed by atoms with E-state index in [4.69, 9.17) is 28.4 Å². The number of aliphatic hydroxyl groups excluding tert-OH is 7. The first-order valence-corrected chi connectivity index (χ1v) is 30.1. The predicted molar refractivity (Wildman–Crippen MR) is 284 cm³/mol. The van der Waals surface area contributed by atoms with Gasteiger partial charge in [0.15, 0.2) is 12.6 Å². The van der Waals surface area contributed by atoms with Crippen LogP contribution in [0.3, 0.4) is 0 Å². The molecule has 0 amide bonds. The number of aliphatic hydroxyl groups is 7. The molecule has 2 rings (SSSR count). The molecule has 2 saturated heterocycles. The third kappa shape index (κ3) is 32.5. The van der Waals surface area contributed by atoms with Crippen molar-refractivity contribution in [2.45, 2.75) is 332 Å². The third-order valence-electron chi connectivity index (χ3n) is 14.9. The molecule has 0 saturated carbocycles. The Morgan fingerprint density at radius 2 is 0.736 bits per heavy atom. The molecule has 11 unspecified atom stereocenters. The van der Waals surface area contributed by atoms with Gasteiger partial charge in [0.25, 0.3) is 0 Å². The SMILES string of the molecule is CCCCCCCCCCCCCCCCCCCCCCCCCCOCC(COC1OC(COC2OC(CO)C(O)C(O)C2O)C(O)C(O)C1O)OC(=O)CCCCCCCCCCCCCCCC. The number of carbonyl (C=O) groups is 1. The Kier molecular flexibility index (Phi) is 43.0. The van der Waals surface area contributed by atoms with Gasteiger partial charge in [-0.15, -0.1) is 0 Å². The zero-order chi connectivity index (χ0) is 52.3. The van der Waals surface area contributed by atoms with E-state index in [1.807, 2.05) is 0 Å². The number of carbonyl (C=O) groups excluding carboxylic acids is 1. The van der Waals surface area contributed by atoms with E-state index in [1.165, 1.54) is 199 Å². The summed E-state index contributed by atoms with van der Waals surface area (Å²) in [5.41, 5.74) is 0. The largest absolute Gasteiger partial charge is 0.457 e. The molecule has 0 bridgehead atoms. The minimum absolute atomic E-state index is 0.0709. The zero-order valence-electron chi connectivity index (χ0n) is 46.0. The molecule has 2 heterocycles. The van der Waals surface area contributed by atoms with E-state index in [-0.39, 0.29) is 25.6 Å². The highest BCUT2D eigenvalue weighted by Crippen LogP contribution is 2.27. The van der Waals surface area contributed by atoms with Gasteiger partial charge in [0, 0.05) is 13.0 Å². The van der Waals surface area contributed by atoms with Crippen molar-refractivity contribution in [1.29, 1.82) is 0 Å². The molecule has 14 heteroatoms. The predicted octanol–water partition coefficient (Wildman–Crippen LogP) is 10.8. The monoisotopic (exact) mass is 1030 g/mol. The van der Waals surface area contributed by atoms with E-state index in [2.05, 4.69) is 13.8 Å². The van der Waals surface area contributed by atoms with Crippen molar-refractivity contribution in [1.82, 2.24) is 0 Å². The molecule has 72 heavy (non-hydrogen) atoms. The second kappa shape index (κ2) is 46.1. The van der Waals surface area contributed by atoms with Crippen LogP contribution in [0, 0.1) is 0 Å². The van der Waals surface area contributed by atoms with Crippen molar-refractivity contribution in [2.24, 2.45) is 0 Å². The number of esters is 1. The van der Waals surface area contributed by atoms with Crippen LogP contribution in [0.15, 0.2) is 0 Å². The van der Waals surface area contributed by atoms with E-state index in [0.29, 0.717) is 6.61 Å². The Hall–Kier alpha value is -1.01. The second-order valence-electron chi connectivity index (χ2n) is 21.5. The highest BCUT2D eigenvalue weighted by atomic mass is 16.7. The fraction of sp³-hybridized carbons (Fsp3) is 0.983. The Labute approximate surface area is 438 Å². The Morgan fingerprint density at radius 1 is 0.403 bits per heavy atom. The van der Waals surface area contributed by atoms with Gasteiger partial charge in [0.1, 0.15) is 54.9 Å². The van der Waals surface area contributed by atoms with Gasteiger partial charge in [-0.25, -0.2) is 0 Å². The topological polar surface area (TPSA) is 214 Å². The summed E-state index contributed by atoms with van der Waals surface area (Å²) in [6, 6.07) is 0. The molecule has 0 radical (unpaired) electrons. The molecule has 7 N–H and O–H groups in total. The van der Waals surface area contributed by atoms with Crippen LogP contribution in [0.5, 0.6) is 0 Å². The van der Waals surface area contributed by atoms with Gasteiger partial charge < -0.3 is 64.2 Å². The number of ether oxygens (including phenoxy) is 6. The highest BCUT2D eigenvalue weighted by Gasteiger charge is 2.47. The first-order valence-electron chi connectivity index (χ1n) is 30.1. The van der Waals surface area contributed by atoms with E-state index in [0.717, 1.165) is 44.9 Å². The second-order valence-corrected chi connectivity index (χ2v) is 21.5. The molecular formula is C58H112O14. The van der Waals surface area contributed by atoms with E-state index < -0.39 is 80.7 Å². The van der Waals surface area contributed by atoms with Gasteiger partial charge >= 0.3 is 5.97 Å². The average Bonchev–Trinajstić information content (AvgIpc) is 3.38. The van der Waals surface area contributed by atoms with Crippen LogP contribution in [0.2, 0.25) is 0 Å². The van der Waals surface area contributed by atoms with Gasteiger partial charge in [-0.1, -0.05) is 245 Å². The fourth-order valence-electron chi connectivity index (χ4n) is 9.99. The zero-order valence-corrected chi connectivity index (χ0v) is 46.0. The molecule has 0 aromatic carbocycles. The van der Waals surface area contributed by atoms with Crippen LogP contribution < -0.4 is 0 Å². The minimum Gasteiger partial charge on any atom is -0.457 e. The Balaban J connectivity index is 1.66. The van der Waals surface area contributed by atoms with Crippen LogP contribution in [0.25, 0.3) is 0 Å². The molecule has 0 aromatic rings. The smallest absolute Gasteiger partial charge is 0.306 e. The van der Waals surface area contributed by atoms with Crippen LogP contribution in [-0.4, -0.2) is 142 Å². The van der Waals surface area contributed by atoms with Crippen LogP contribution in [-0.2, 0) is 33.2 Å². The lowest BCUT2D eigenvalue weighted by molar-refractivity contribution is -0.332. The van der Waals surface area contributed by atoms with E-state index >= 15 is 0 Å². The van der Waals surface area contributed by atoms with Crippen molar-refractivity contribution >= 4 is 5.97 Å². The summed E-state index contributed by atoms with van der Waals surface area (Å²) in [6.07, 6.45) is 33.2. The fourth-order valence-corrected chi connectivity index (χ4v) is 9.99. The summed E-state index contributed by atoms with van der Waals surface area (Å²) in [4.78, 5) is 13.0. The Morgan fingerprint density at radius 3 is 1.12 bits per heavy atom. The quantitative estimate of drug-likeness (QED) is 0.0223. The number of unbranched alkanes of at least 4 members (excludes halogenated alkanes) is 36. The summed E-state index contributed by atoms with van der Waals surface area (Å²) in [5, 5.41) is 72.3. The summed E-state index contributed by atoms with van der Waals surface area (Å²) < 4.78 is 34.4. The van der Waals surface area contributed by atoms with Gasteiger partial charge in [-0.05, 0) is 12.8 Å². The molecule has 2 aliphatic rings. The molecule has 0 aliphatic carbocycles. The lowest BCUT2D eigenvalue weighted by Crippen LogP contribution is -2.61. The Bertz CT molecular complexity index is 1200. The molecule has 11 atom stereocenters. The molecular weight excluding hydrogens is 921 g/mol. The van der Waals surface area contributed by atoms with Crippen molar-refractivity contribution < 1.29 is 69.0 Å². The highest BCUT2D eigenvalue weighted by molar-refractivity contribution is 5.69. The van der Waals surface area contributed by atoms with Crippen molar-refractivity contribution in [3.8, 4) is 0 Å². The molecule has 14 nitrogen and oxygen atoms in total. The first-order chi connectivity index (χ1) is 35.1. The lowest BCUT2D eigenvalue weighted by atomic mass is 9.98. The summed E-state index contributed by atoms with van der Waals surface area (Å²) in [7, 11) is 0. The standard InChI is InChI=1S/C58H112O14/c1-3-5-7-9-11-13-15-17-19-20-21-22-23-24-25-26-27-28-30-32-34-36-38-40-42-67-44-47(70-50(60)41-39-37-35-33-31-29-18-16-14-12-10-8-6-4-2)45-68-57-56(66)54(64)52(62)49(72-57)46-69-58-55(65)53(63)51(61)48(43-59)71-58/h47-49,51-59,61-66H,3-46H2,1-2H3. The molecule has 428 valence electrons. The normalized spacial score (nSPS) is 25.0. The van der Waals surface area contributed by atoms with E-state index in [9.17, 15) is 40.5 Å². The minimum atomic E-state index is -1.70. The van der Waals surface area contributed by atoms with Crippen LogP contribution in [0.1, 0.15) is 264 Å². The molecule has 2 aliphatic heterocycles.